The van der Waals surface area contributed by atoms with Gasteiger partial charge in [0, 0.05) is 12.1 Å². The van der Waals surface area contributed by atoms with Gasteiger partial charge in [0.05, 0.1) is 12.2 Å². The van der Waals surface area contributed by atoms with Crippen molar-refractivity contribution in [2.45, 2.75) is 31.8 Å². The second kappa shape index (κ2) is 10.6. The van der Waals surface area contributed by atoms with E-state index in [4.69, 9.17) is 0 Å². The molecule has 0 aromatic heterocycles. The van der Waals surface area contributed by atoms with Crippen LogP contribution in [0.4, 0.5) is 0 Å². The first kappa shape index (κ1) is 23.6. The topological polar surface area (TPSA) is 49.4 Å². The molecule has 4 aromatic carbocycles. The maximum Gasteiger partial charge on any atom is 0.227 e. The number of carbonyl (C=O) groups excluding carboxylic acids is 2. The minimum absolute atomic E-state index is 0.134. The van der Waals surface area contributed by atoms with Crippen LogP contribution in [0.3, 0.4) is 0 Å². The molecule has 33 heavy (non-hydrogen) atoms. The van der Waals surface area contributed by atoms with Crippen LogP contribution < -0.4 is 5.32 Å². The lowest BCUT2D eigenvalue weighted by molar-refractivity contribution is -0.120. The lowest BCUT2D eigenvalue weighted by atomic mass is 9.91. The minimum atomic E-state index is 0.134. The Kier molecular flexibility index (Phi) is 7.57. The number of nitrogens with zero attached hydrogens (tertiary/aromatic N) is 1. The molecule has 0 fully saturated rings. The van der Waals surface area contributed by atoms with Gasteiger partial charge >= 0.3 is 0 Å². The molecule has 0 aliphatic rings. The average Bonchev–Trinajstić information content (AvgIpc) is 2.83. The van der Waals surface area contributed by atoms with E-state index in [-0.39, 0.29) is 17.3 Å². The Bertz CT molecular complexity index is 1250. The number of rotatable bonds is 11. The summed E-state index contributed by atoms with van der Waals surface area (Å²) in [5, 5.41) is 10.1. The van der Waals surface area contributed by atoms with Gasteiger partial charge in [-0.15, -0.1) is 8.58 Å². The molecule has 1 N–H and O–H groups in total. The van der Waals surface area contributed by atoms with Gasteiger partial charge in [0.2, 0.25) is 5.91 Å². The third-order valence-electron chi connectivity index (χ3n) is 6.50. The third-order valence-corrected chi connectivity index (χ3v) is 7.75. The van der Waals surface area contributed by atoms with Crippen LogP contribution in [0.2, 0.25) is 0 Å². The Hall–Kier alpha value is -2.55. The summed E-state index contributed by atoms with van der Waals surface area (Å²) in [5.74, 6) is 0.305. The fraction of sp³-hybridized carbons (Fsp3) is 0.357. The molecule has 172 valence electrons. The zero-order valence-electron chi connectivity index (χ0n) is 19.8. The van der Waals surface area contributed by atoms with E-state index in [9.17, 15) is 9.59 Å². The van der Waals surface area contributed by atoms with E-state index >= 15 is 0 Å². The van der Waals surface area contributed by atoms with Crippen LogP contribution >= 0.6 is 8.58 Å². The summed E-state index contributed by atoms with van der Waals surface area (Å²) in [6.07, 6.45) is 2.82. The summed E-state index contributed by atoms with van der Waals surface area (Å²) >= 11 is 0. The minimum Gasteiger partial charge on any atom is -0.356 e. The van der Waals surface area contributed by atoms with Crippen LogP contribution in [0, 0.1) is 0 Å². The van der Waals surface area contributed by atoms with E-state index in [0.29, 0.717) is 21.7 Å². The van der Waals surface area contributed by atoms with E-state index in [0.717, 1.165) is 36.8 Å². The zero-order valence-corrected chi connectivity index (χ0v) is 20.8. The summed E-state index contributed by atoms with van der Waals surface area (Å²) in [4.78, 5) is 27.6. The van der Waals surface area contributed by atoms with Crippen LogP contribution in [0.25, 0.3) is 32.3 Å². The number of hydrogen-bond donors (Lipinski definition) is 1. The highest BCUT2D eigenvalue weighted by atomic mass is 31.1. The van der Waals surface area contributed by atoms with Crippen molar-refractivity contribution in [1.29, 1.82) is 0 Å². The van der Waals surface area contributed by atoms with Crippen LogP contribution in [0.5, 0.6) is 0 Å². The highest BCUT2D eigenvalue weighted by molar-refractivity contribution is 7.39. The van der Waals surface area contributed by atoms with Crippen LogP contribution in [-0.2, 0) is 4.79 Å². The van der Waals surface area contributed by atoms with Crippen molar-refractivity contribution in [3.05, 3.63) is 60.2 Å². The summed E-state index contributed by atoms with van der Waals surface area (Å²) in [5.41, 5.74) is 0.927. The van der Waals surface area contributed by atoms with E-state index in [1.165, 1.54) is 26.9 Å². The largest absolute Gasteiger partial charge is 0.356 e. The van der Waals surface area contributed by atoms with Crippen LogP contribution in [0.1, 0.15) is 36.5 Å². The Morgan fingerprint density at radius 2 is 1.64 bits per heavy atom. The van der Waals surface area contributed by atoms with E-state index in [1.54, 1.807) is 0 Å². The molecule has 1 amide bonds. The molecule has 0 aliphatic heterocycles. The molecule has 0 bridgehead atoms. The molecule has 2 atom stereocenters. The second-order valence-electron chi connectivity index (χ2n) is 8.90. The SMILES string of the molecule is CCCC(PC)C(=O)NCCCN(C)CC(=O)c1ccc2ccc3cccc4ccc1c2c34. The zero-order chi connectivity index (χ0) is 23.4. The van der Waals surface area contributed by atoms with Crippen LogP contribution in [-0.4, -0.2) is 55.6 Å². The van der Waals surface area contributed by atoms with Crippen molar-refractivity contribution in [3.63, 3.8) is 0 Å². The van der Waals surface area contributed by atoms with E-state index < -0.39 is 0 Å². The van der Waals surface area contributed by atoms with Gasteiger partial charge in [-0.25, -0.2) is 0 Å². The number of hydrogen-bond acceptors (Lipinski definition) is 3. The van der Waals surface area contributed by atoms with Gasteiger partial charge in [0.15, 0.2) is 5.78 Å². The fourth-order valence-corrected chi connectivity index (χ4v) is 5.71. The Morgan fingerprint density at radius 1 is 0.970 bits per heavy atom. The molecular formula is C28H33N2O2P. The van der Waals surface area contributed by atoms with Gasteiger partial charge in [0.25, 0.3) is 0 Å². The number of amides is 1. The van der Waals surface area contributed by atoms with Gasteiger partial charge < -0.3 is 5.32 Å². The Morgan fingerprint density at radius 3 is 2.33 bits per heavy atom. The number of nitrogens with one attached hydrogen (secondary N) is 1. The van der Waals surface area contributed by atoms with Crippen molar-refractivity contribution < 1.29 is 9.59 Å². The number of Topliss-reactive ketones (excluding diaryl/α,β-unsaturated/α-hetero) is 1. The molecule has 0 saturated carbocycles. The number of benzene rings is 4. The van der Waals surface area contributed by atoms with Crippen molar-refractivity contribution in [3.8, 4) is 0 Å². The van der Waals surface area contributed by atoms with E-state index in [1.807, 2.05) is 13.1 Å². The molecule has 0 saturated heterocycles. The summed E-state index contributed by atoms with van der Waals surface area (Å²) in [6, 6.07) is 18.9. The highest BCUT2D eigenvalue weighted by Crippen LogP contribution is 2.36. The number of likely N-dealkylation sites (N-methyl/N-ethyl adjacent to an activating group) is 1. The standard InChI is InChI=1S/C28H33N2O2P/c1-4-7-25(33-3)28(32)29-16-6-17-30(2)18-24(31)22-14-12-21-11-10-19-8-5-9-20-13-15-23(22)27(21)26(19)20/h5,8-15,25,33H,4,6-7,16-18H2,1-3H3,(H,29,32). The molecule has 2 unspecified atom stereocenters. The molecule has 0 aliphatic carbocycles. The normalized spacial score (nSPS) is 13.1. The molecule has 0 radical (unpaired) electrons. The quantitative estimate of drug-likeness (QED) is 0.136. The second-order valence-corrected chi connectivity index (χ2v) is 10.2. The average molecular weight is 461 g/mol. The lowest BCUT2D eigenvalue weighted by Crippen LogP contribution is -2.34. The van der Waals surface area contributed by atoms with Gasteiger partial charge in [-0.2, -0.15) is 0 Å². The van der Waals surface area contributed by atoms with Crippen molar-refractivity contribution in [2.75, 3.05) is 33.3 Å². The first-order valence-corrected chi connectivity index (χ1v) is 13.4. The summed E-state index contributed by atoms with van der Waals surface area (Å²) in [6.45, 7) is 6.00. The van der Waals surface area contributed by atoms with E-state index in [2.05, 4.69) is 72.3 Å². The van der Waals surface area contributed by atoms with Gasteiger partial charge in [-0.05, 0) is 65.4 Å². The number of ketones is 1. The first-order valence-electron chi connectivity index (χ1n) is 11.9. The van der Waals surface area contributed by atoms with Gasteiger partial charge in [-0.3, -0.25) is 14.5 Å². The van der Waals surface area contributed by atoms with Crippen LogP contribution in [0.15, 0.2) is 54.6 Å². The summed E-state index contributed by atoms with van der Waals surface area (Å²) in [7, 11) is 2.62. The Labute approximate surface area is 197 Å². The maximum absolute atomic E-state index is 13.2. The predicted molar refractivity (Wildman–Crippen MR) is 143 cm³/mol. The summed E-state index contributed by atoms with van der Waals surface area (Å²) < 4.78 is 0. The van der Waals surface area contributed by atoms with Gasteiger partial charge in [0.1, 0.15) is 0 Å². The molecule has 5 heteroatoms. The molecule has 0 heterocycles. The monoisotopic (exact) mass is 460 g/mol. The first-order chi connectivity index (χ1) is 16.0. The molecular weight excluding hydrogens is 427 g/mol. The molecule has 4 rings (SSSR count). The Balaban J connectivity index is 1.41. The van der Waals surface area contributed by atoms with Gasteiger partial charge in [-0.1, -0.05) is 67.9 Å². The number of carbonyl (C=O) groups is 2. The third kappa shape index (κ3) is 5.03. The van der Waals surface area contributed by atoms with Crippen molar-refractivity contribution in [1.82, 2.24) is 10.2 Å². The predicted octanol–water partition coefficient (Wildman–Crippen LogP) is 5.68. The lowest BCUT2D eigenvalue weighted by Gasteiger charge is -2.18. The smallest absolute Gasteiger partial charge is 0.227 e. The highest BCUT2D eigenvalue weighted by Gasteiger charge is 2.17. The molecule has 0 spiro atoms. The van der Waals surface area contributed by atoms with Crippen molar-refractivity contribution >= 4 is 52.6 Å². The van der Waals surface area contributed by atoms with Crippen molar-refractivity contribution in [2.24, 2.45) is 0 Å². The maximum atomic E-state index is 13.2. The fourth-order valence-electron chi connectivity index (χ4n) is 4.77. The molecule has 4 aromatic rings. The molecule has 4 nitrogen and oxygen atoms in total.